The predicted octanol–water partition coefficient (Wildman–Crippen LogP) is 2.86. The molecule has 3 nitrogen and oxygen atoms in total. The van der Waals surface area contributed by atoms with Crippen LogP contribution in [0, 0.1) is 0 Å². The van der Waals surface area contributed by atoms with Crippen molar-refractivity contribution >= 4 is 29.1 Å². The number of anilines is 1. The molecule has 5 heteroatoms. The normalized spacial score (nSPS) is 10.2. The van der Waals surface area contributed by atoms with Crippen LogP contribution in [0.5, 0.6) is 0 Å². The zero-order valence-electron chi connectivity index (χ0n) is 7.72. The summed E-state index contributed by atoms with van der Waals surface area (Å²) in [6.45, 7) is 0. The minimum absolute atomic E-state index is 0.295. The molecule has 0 aliphatic carbocycles. The highest BCUT2D eigenvalue weighted by molar-refractivity contribution is 7.99. The van der Waals surface area contributed by atoms with Crippen molar-refractivity contribution < 1.29 is 0 Å². The third-order valence-electron chi connectivity index (χ3n) is 1.76. The first kappa shape index (κ1) is 10.3. The molecule has 2 rings (SSSR count). The van der Waals surface area contributed by atoms with E-state index < -0.39 is 0 Å². The Labute approximate surface area is 96.7 Å². The van der Waals surface area contributed by atoms with Crippen LogP contribution in [0.15, 0.2) is 46.6 Å². The average molecular weight is 238 g/mol. The van der Waals surface area contributed by atoms with Crippen LogP contribution in [0.2, 0.25) is 5.15 Å². The highest BCUT2D eigenvalue weighted by atomic mass is 35.5. The van der Waals surface area contributed by atoms with Crippen LogP contribution < -0.4 is 5.73 Å². The number of halogens is 1. The fourth-order valence-corrected chi connectivity index (χ4v) is 2.05. The van der Waals surface area contributed by atoms with Crippen LogP contribution in [0.4, 0.5) is 5.69 Å². The molecule has 0 radical (unpaired) electrons. The second-order valence-corrected chi connectivity index (χ2v) is 4.22. The molecule has 2 aromatic rings. The highest BCUT2D eigenvalue weighted by Gasteiger charge is 2.06. The lowest BCUT2D eigenvalue weighted by molar-refractivity contribution is 1.06. The van der Waals surface area contributed by atoms with Gasteiger partial charge in [-0.25, -0.2) is 9.97 Å². The van der Waals surface area contributed by atoms with Crippen molar-refractivity contribution in [3.8, 4) is 0 Å². The maximum atomic E-state index is 5.79. The maximum absolute atomic E-state index is 5.79. The molecule has 76 valence electrons. The molecule has 1 aromatic heterocycles. The molecule has 0 aliphatic heterocycles. The van der Waals surface area contributed by atoms with Gasteiger partial charge in [-0.3, -0.25) is 0 Å². The number of benzene rings is 1. The molecule has 0 atom stereocenters. The fourth-order valence-electron chi connectivity index (χ4n) is 1.04. The minimum atomic E-state index is 0.295. The molecular formula is C10H8ClN3S. The van der Waals surface area contributed by atoms with Gasteiger partial charge in [0.25, 0.3) is 0 Å². The van der Waals surface area contributed by atoms with Gasteiger partial charge in [0, 0.05) is 4.90 Å². The van der Waals surface area contributed by atoms with E-state index in [0.717, 1.165) is 4.90 Å². The van der Waals surface area contributed by atoms with E-state index in [4.69, 9.17) is 17.3 Å². The Hall–Kier alpha value is -1.26. The van der Waals surface area contributed by atoms with Gasteiger partial charge in [-0.2, -0.15) is 0 Å². The fraction of sp³-hybridized carbons (Fsp3) is 0. The molecule has 0 saturated carbocycles. The lowest BCUT2D eigenvalue weighted by Gasteiger charge is -2.04. The summed E-state index contributed by atoms with van der Waals surface area (Å²) in [7, 11) is 0. The van der Waals surface area contributed by atoms with Crippen LogP contribution in [0.25, 0.3) is 0 Å². The van der Waals surface area contributed by atoms with Gasteiger partial charge in [-0.05, 0) is 12.1 Å². The minimum Gasteiger partial charge on any atom is -0.394 e. The molecular weight excluding hydrogens is 230 g/mol. The van der Waals surface area contributed by atoms with Crippen LogP contribution >= 0.6 is 23.4 Å². The number of aromatic nitrogens is 2. The van der Waals surface area contributed by atoms with Crippen molar-refractivity contribution in [1.82, 2.24) is 9.97 Å². The van der Waals surface area contributed by atoms with Gasteiger partial charge >= 0.3 is 0 Å². The zero-order valence-corrected chi connectivity index (χ0v) is 9.29. The maximum Gasteiger partial charge on any atom is 0.156 e. The lowest BCUT2D eigenvalue weighted by Crippen LogP contribution is -1.94. The van der Waals surface area contributed by atoms with Gasteiger partial charge in [0.1, 0.15) is 17.0 Å². The van der Waals surface area contributed by atoms with E-state index in [1.807, 2.05) is 30.3 Å². The number of nitrogen functional groups attached to an aromatic ring is 1. The second kappa shape index (κ2) is 4.51. The van der Waals surface area contributed by atoms with Crippen molar-refractivity contribution in [2.75, 3.05) is 5.73 Å². The summed E-state index contributed by atoms with van der Waals surface area (Å²) in [5.41, 5.74) is 6.18. The summed E-state index contributed by atoms with van der Waals surface area (Å²) in [5.74, 6) is 0. The molecule has 0 unspecified atom stereocenters. The molecule has 2 N–H and O–H groups in total. The van der Waals surface area contributed by atoms with Gasteiger partial charge in [-0.1, -0.05) is 41.6 Å². The predicted molar refractivity (Wildman–Crippen MR) is 62.0 cm³/mol. The van der Waals surface area contributed by atoms with E-state index in [2.05, 4.69) is 9.97 Å². The highest BCUT2D eigenvalue weighted by Crippen LogP contribution is 2.32. The largest absolute Gasteiger partial charge is 0.394 e. The molecule has 0 spiro atoms. The summed E-state index contributed by atoms with van der Waals surface area (Å²) in [4.78, 5) is 8.94. The second-order valence-electron chi connectivity index (χ2n) is 2.80. The quantitative estimate of drug-likeness (QED) is 0.816. The molecule has 0 aliphatic rings. The van der Waals surface area contributed by atoms with Gasteiger partial charge < -0.3 is 5.73 Å². The number of nitrogens with two attached hydrogens (primary N) is 1. The standard InChI is InChI=1S/C10H8ClN3S/c11-9-8(12)10(14-6-13-9)15-7-4-2-1-3-5-7/h1-6H,12H2. The van der Waals surface area contributed by atoms with Gasteiger partial charge in [0.15, 0.2) is 5.15 Å². The van der Waals surface area contributed by atoms with Crippen LogP contribution in [0.1, 0.15) is 0 Å². The Kier molecular flexibility index (Phi) is 3.08. The molecule has 1 aromatic carbocycles. The monoisotopic (exact) mass is 237 g/mol. The molecule has 0 fully saturated rings. The van der Waals surface area contributed by atoms with Gasteiger partial charge in [0.2, 0.25) is 0 Å². The summed E-state index contributed by atoms with van der Waals surface area (Å²) in [5, 5.41) is 0.977. The van der Waals surface area contributed by atoms with E-state index in [0.29, 0.717) is 15.9 Å². The van der Waals surface area contributed by atoms with Gasteiger partial charge in [-0.15, -0.1) is 0 Å². The molecule has 0 amide bonds. The van der Waals surface area contributed by atoms with Crippen molar-refractivity contribution in [3.05, 3.63) is 41.8 Å². The summed E-state index contributed by atoms with van der Waals surface area (Å²) >= 11 is 7.26. The van der Waals surface area contributed by atoms with Crippen molar-refractivity contribution in [2.45, 2.75) is 9.92 Å². The smallest absolute Gasteiger partial charge is 0.156 e. The molecule has 15 heavy (non-hydrogen) atoms. The number of nitrogens with zero attached hydrogens (tertiary/aromatic N) is 2. The Bertz CT molecular complexity index is 461. The lowest BCUT2D eigenvalue weighted by atomic mass is 10.4. The zero-order chi connectivity index (χ0) is 10.7. The number of hydrogen-bond acceptors (Lipinski definition) is 4. The third kappa shape index (κ3) is 2.40. The first-order chi connectivity index (χ1) is 7.27. The van der Waals surface area contributed by atoms with Crippen LogP contribution in [-0.2, 0) is 0 Å². The van der Waals surface area contributed by atoms with E-state index in [-0.39, 0.29) is 0 Å². The number of hydrogen-bond donors (Lipinski definition) is 1. The first-order valence-electron chi connectivity index (χ1n) is 4.26. The van der Waals surface area contributed by atoms with E-state index in [1.165, 1.54) is 18.1 Å². The number of rotatable bonds is 2. The molecule has 0 bridgehead atoms. The molecule has 0 saturated heterocycles. The Morgan fingerprint density at radius 2 is 1.87 bits per heavy atom. The Balaban J connectivity index is 2.29. The van der Waals surface area contributed by atoms with E-state index >= 15 is 0 Å². The van der Waals surface area contributed by atoms with Crippen molar-refractivity contribution in [2.24, 2.45) is 0 Å². The Morgan fingerprint density at radius 3 is 2.60 bits per heavy atom. The topological polar surface area (TPSA) is 51.8 Å². The van der Waals surface area contributed by atoms with Crippen molar-refractivity contribution in [3.63, 3.8) is 0 Å². The summed E-state index contributed by atoms with van der Waals surface area (Å²) < 4.78 is 0. The first-order valence-corrected chi connectivity index (χ1v) is 5.45. The van der Waals surface area contributed by atoms with Gasteiger partial charge in [0.05, 0.1) is 0 Å². The molecule has 1 heterocycles. The summed E-state index contributed by atoms with van der Waals surface area (Å²) in [6.07, 6.45) is 1.41. The average Bonchev–Trinajstić information content (AvgIpc) is 2.26. The van der Waals surface area contributed by atoms with Crippen molar-refractivity contribution in [1.29, 1.82) is 0 Å². The SMILES string of the molecule is Nc1c(Cl)ncnc1Sc1ccccc1. The van der Waals surface area contributed by atoms with E-state index in [9.17, 15) is 0 Å². The van der Waals surface area contributed by atoms with E-state index in [1.54, 1.807) is 0 Å². The third-order valence-corrected chi connectivity index (χ3v) is 3.08. The van der Waals surface area contributed by atoms with Crippen LogP contribution in [-0.4, -0.2) is 9.97 Å². The summed E-state index contributed by atoms with van der Waals surface area (Å²) in [6, 6.07) is 9.85. The Morgan fingerprint density at radius 1 is 1.13 bits per heavy atom. The van der Waals surface area contributed by atoms with Crippen LogP contribution in [0.3, 0.4) is 0 Å².